The van der Waals surface area contributed by atoms with E-state index in [1.807, 2.05) is 0 Å². The molecule has 3 N–H and O–H groups in total. The van der Waals surface area contributed by atoms with Gasteiger partial charge < -0.3 is 11.1 Å². The number of halogens is 1. The Bertz CT molecular complexity index is 290. The minimum atomic E-state index is -0.265. The van der Waals surface area contributed by atoms with Crippen LogP contribution in [-0.2, 0) is 0 Å². The minimum absolute atomic E-state index is 0.118. The Labute approximate surface area is 78.3 Å². The van der Waals surface area contributed by atoms with E-state index in [0.717, 1.165) is 0 Å². The van der Waals surface area contributed by atoms with Crippen molar-refractivity contribution in [3.63, 3.8) is 0 Å². The molecule has 4 nitrogen and oxygen atoms in total. The van der Waals surface area contributed by atoms with Crippen molar-refractivity contribution < 1.29 is 4.79 Å². The number of hydrogen-bond acceptors (Lipinski definition) is 3. The molecule has 1 aromatic rings. The summed E-state index contributed by atoms with van der Waals surface area (Å²) in [7, 11) is 0. The Hall–Kier alpha value is -0.940. The van der Waals surface area contributed by atoms with Crippen molar-refractivity contribution in [2.24, 2.45) is 5.73 Å². The lowest BCUT2D eigenvalue weighted by Gasteiger charge is -2.00. The first-order chi connectivity index (χ1) is 5.74. The van der Waals surface area contributed by atoms with Gasteiger partial charge in [0.1, 0.15) is 10.3 Å². The molecule has 12 heavy (non-hydrogen) atoms. The van der Waals surface area contributed by atoms with E-state index in [-0.39, 0.29) is 12.6 Å². The molecule has 1 rings (SSSR count). The molecule has 0 saturated heterocycles. The number of aromatic nitrogens is 1. The Morgan fingerprint density at radius 1 is 1.67 bits per heavy atom. The fraction of sp³-hybridized carbons (Fsp3) is 0.143. The summed E-state index contributed by atoms with van der Waals surface area (Å²) in [5.41, 5.74) is 5.49. The van der Waals surface area contributed by atoms with Gasteiger partial charge in [0.2, 0.25) is 0 Å². The topological polar surface area (TPSA) is 68.0 Å². The molecular formula is C7H8BrN3O. The largest absolute Gasteiger partial charge is 0.338 e. The molecule has 0 saturated carbocycles. The summed E-state index contributed by atoms with van der Waals surface area (Å²) in [6.45, 7) is 0.118. The lowest BCUT2D eigenvalue weighted by Crippen LogP contribution is -2.29. The SMILES string of the molecule is NCNC(=O)c1cccc(Br)n1. The molecule has 5 heteroatoms. The Balaban J connectivity index is 2.81. The van der Waals surface area contributed by atoms with Crippen molar-refractivity contribution in [1.82, 2.24) is 10.3 Å². The van der Waals surface area contributed by atoms with E-state index in [4.69, 9.17) is 5.73 Å². The standard InChI is InChI=1S/C7H8BrN3O/c8-6-3-1-2-5(11-6)7(12)10-4-9/h1-3H,4,9H2,(H,10,12). The zero-order chi connectivity index (χ0) is 8.97. The average molecular weight is 230 g/mol. The lowest BCUT2D eigenvalue weighted by molar-refractivity contribution is 0.0949. The van der Waals surface area contributed by atoms with Gasteiger partial charge in [-0.15, -0.1) is 0 Å². The van der Waals surface area contributed by atoms with Gasteiger partial charge in [-0.2, -0.15) is 0 Å². The van der Waals surface area contributed by atoms with Crippen molar-refractivity contribution in [3.8, 4) is 0 Å². The molecule has 1 heterocycles. The first kappa shape index (κ1) is 9.15. The van der Waals surface area contributed by atoms with E-state index in [0.29, 0.717) is 10.3 Å². The maximum atomic E-state index is 11.1. The molecule has 0 aliphatic heterocycles. The highest BCUT2D eigenvalue weighted by Crippen LogP contribution is 2.05. The first-order valence-corrected chi connectivity index (χ1v) is 4.14. The summed E-state index contributed by atoms with van der Waals surface area (Å²) in [4.78, 5) is 15.1. The second-order valence-corrected chi connectivity index (χ2v) is 2.87. The maximum absolute atomic E-state index is 11.1. The molecule has 0 aliphatic rings. The van der Waals surface area contributed by atoms with Gasteiger partial charge in [-0.1, -0.05) is 6.07 Å². The third-order valence-electron chi connectivity index (χ3n) is 1.21. The number of carbonyl (C=O) groups is 1. The van der Waals surface area contributed by atoms with Crippen LogP contribution in [-0.4, -0.2) is 17.6 Å². The van der Waals surface area contributed by atoms with Gasteiger partial charge in [0, 0.05) is 0 Å². The third kappa shape index (κ3) is 2.28. The zero-order valence-corrected chi connectivity index (χ0v) is 7.84. The Morgan fingerprint density at radius 3 is 3.00 bits per heavy atom. The van der Waals surface area contributed by atoms with Gasteiger partial charge in [-0.05, 0) is 28.1 Å². The van der Waals surface area contributed by atoms with Crippen LogP contribution in [0.15, 0.2) is 22.8 Å². The smallest absolute Gasteiger partial charge is 0.270 e. The molecule has 0 unspecified atom stereocenters. The molecule has 0 fully saturated rings. The van der Waals surface area contributed by atoms with E-state index in [1.54, 1.807) is 18.2 Å². The van der Waals surface area contributed by atoms with Crippen molar-refractivity contribution in [2.75, 3.05) is 6.67 Å². The van der Waals surface area contributed by atoms with Crippen LogP contribution in [0.2, 0.25) is 0 Å². The van der Waals surface area contributed by atoms with Crippen LogP contribution in [0.25, 0.3) is 0 Å². The molecule has 0 bridgehead atoms. The van der Waals surface area contributed by atoms with Gasteiger partial charge in [0.25, 0.3) is 5.91 Å². The van der Waals surface area contributed by atoms with Crippen molar-refractivity contribution >= 4 is 21.8 Å². The fourth-order valence-corrected chi connectivity index (χ4v) is 1.06. The molecule has 0 aliphatic carbocycles. The molecule has 1 aromatic heterocycles. The second kappa shape index (κ2) is 4.18. The van der Waals surface area contributed by atoms with E-state index in [2.05, 4.69) is 26.2 Å². The van der Waals surface area contributed by atoms with Crippen LogP contribution in [0.1, 0.15) is 10.5 Å². The number of nitrogens with two attached hydrogens (primary N) is 1. The van der Waals surface area contributed by atoms with Crippen LogP contribution in [0.5, 0.6) is 0 Å². The van der Waals surface area contributed by atoms with E-state index in [1.165, 1.54) is 0 Å². The predicted molar refractivity (Wildman–Crippen MR) is 48.5 cm³/mol. The summed E-state index contributed by atoms with van der Waals surface area (Å²) in [6.07, 6.45) is 0. The number of amides is 1. The van der Waals surface area contributed by atoms with Gasteiger partial charge >= 0.3 is 0 Å². The maximum Gasteiger partial charge on any atom is 0.270 e. The highest BCUT2D eigenvalue weighted by atomic mass is 79.9. The average Bonchev–Trinajstić information content (AvgIpc) is 2.05. The van der Waals surface area contributed by atoms with Crippen molar-refractivity contribution in [2.45, 2.75) is 0 Å². The summed E-state index contributed by atoms with van der Waals surface area (Å²) in [5, 5.41) is 2.44. The van der Waals surface area contributed by atoms with Crippen LogP contribution in [0.4, 0.5) is 0 Å². The molecule has 0 spiro atoms. The second-order valence-electron chi connectivity index (χ2n) is 2.06. The van der Waals surface area contributed by atoms with Crippen molar-refractivity contribution in [3.05, 3.63) is 28.5 Å². The number of nitrogens with one attached hydrogen (secondary N) is 1. The summed E-state index contributed by atoms with van der Waals surface area (Å²) in [6, 6.07) is 5.11. The summed E-state index contributed by atoms with van der Waals surface area (Å²) in [5.74, 6) is -0.265. The normalized spacial score (nSPS) is 9.50. The highest BCUT2D eigenvalue weighted by Gasteiger charge is 2.04. The quantitative estimate of drug-likeness (QED) is 0.573. The van der Waals surface area contributed by atoms with Crippen LogP contribution >= 0.6 is 15.9 Å². The van der Waals surface area contributed by atoms with E-state index < -0.39 is 0 Å². The Kier molecular flexibility index (Phi) is 3.19. The molecule has 0 atom stereocenters. The predicted octanol–water partition coefficient (Wildman–Crippen LogP) is 0.490. The molecule has 0 radical (unpaired) electrons. The molecular weight excluding hydrogens is 222 g/mol. The number of nitrogens with zero attached hydrogens (tertiary/aromatic N) is 1. The van der Waals surface area contributed by atoms with E-state index in [9.17, 15) is 4.79 Å². The first-order valence-electron chi connectivity index (χ1n) is 3.35. The van der Waals surface area contributed by atoms with Crippen LogP contribution in [0.3, 0.4) is 0 Å². The number of rotatable bonds is 2. The number of pyridine rings is 1. The van der Waals surface area contributed by atoms with Gasteiger partial charge in [-0.25, -0.2) is 4.98 Å². The molecule has 64 valence electrons. The van der Waals surface area contributed by atoms with Gasteiger partial charge in [0.05, 0.1) is 6.67 Å². The van der Waals surface area contributed by atoms with Crippen LogP contribution < -0.4 is 11.1 Å². The molecule has 0 aromatic carbocycles. The number of carbonyl (C=O) groups excluding carboxylic acids is 1. The highest BCUT2D eigenvalue weighted by molar-refractivity contribution is 9.10. The monoisotopic (exact) mass is 229 g/mol. The summed E-state index contributed by atoms with van der Waals surface area (Å²) < 4.78 is 0.632. The van der Waals surface area contributed by atoms with Crippen molar-refractivity contribution in [1.29, 1.82) is 0 Å². The zero-order valence-electron chi connectivity index (χ0n) is 6.25. The number of hydrogen-bond donors (Lipinski definition) is 2. The third-order valence-corrected chi connectivity index (χ3v) is 1.65. The Morgan fingerprint density at radius 2 is 2.42 bits per heavy atom. The van der Waals surface area contributed by atoms with E-state index >= 15 is 0 Å². The minimum Gasteiger partial charge on any atom is -0.338 e. The van der Waals surface area contributed by atoms with Crippen LogP contribution in [0, 0.1) is 0 Å². The lowest BCUT2D eigenvalue weighted by atomic mass is 10.3. The van der Waals surface area contributed by atoms with Gasteiger partial charge in [0.15, 0.2) is 0 Å². The molecule has 1 amide bonds. The summed E-state index contributed by atoms with van der Waals surface area (Å²) >= 11 is 3.16. The van der Waals surface area contributed by atoms with Gasteiger partial charge in [-0.3, -0.25) is 4.79 Å². The fourth-order valence-electron chi connectivity index (χ4n) is 0.718.